The van der Waals surface area contributed by atoms with E-state index in [0.29, 0.717) is 28.5 Å². The summed E-state index contributed by atoms with van der Waals surface area (Å²) < 4.78 is 23.7. The molecule has 0 radical (unpaired) electrons. The fraction of sp³-hybridized carbons (Fsp3) is 0.250. The summed E-state index contributed by atoms with van der Waals surface area (Å²) in [4.78, 5) is 0. The van der Waals surface area contributed by atoms with E-state index in [9.17, 15) is 4.39 Å². The number of halogens is 2. The van der Waals surface area contributed by atoms with E-state index in [2.05, 4.69) is 0 Å². The molecule has 2 N–H and O–H groups in total. The number of methoxy groups -OCH3 is 2. The first-order valence-corrected chi connectivity index (χ1v) is 6.84. The van der Waals surface area contributed by atoms with Crippen LogP contribution in [-0.2, 0) is 6.42 Å². The van der Waals surface area contributed by atoms with Crippen molar-refractivity contribution in [2.24, 2.45) is 5.73 Å². The molecule has 0 aliphatic heterocycles. The monoisotopic (exact) mass is 309 g/mol. The van der Waals surface area contributed by atoms with Gasteiger partial charge in [0.25, 0.3) is 0 Å². The molecular formula is C16H17ClFNO2. The Bertz CT molecular complexity index is 634. The van der Waals surface area contributed by atoms with Gasteiger partial charge in [-0.2, -0.15) is 0 Å². The predicted molar refractivity (Wildman–Crippen MR) is 81.6 cm³/mol. The van der Waals surface area contributed by atoms with E-state index in [1.165, 1.54) is 18.2 Å². The van der Waals surface area contributed by atoms with Gasteiger partial charge in [-0.05, 0) is 47.9 Å². The van der Waals surface area contributed by atoms with Crippen molar-refractivity contribution in [1.82, 2.24) is 0 Å². The Morgan fingerprint density at radius 3 is 2.48 bits per heavy atom. The molecule has 21 heavy (non-hydrogen) atoms. The minimum atomic E-state index is -0.325. The highest BCUT2D eigenvalue weighted by molar-refractivity contribution is 6.31. The second-order valence-electron chi connectivity index (χ2n) is 4.66. The summed E-state index contributed by atoms with van der Waals surface area (Å²) in [5.74, 6) is 0.918. The summed E-state index contributed by atoms with van der Waals surface area (Å²) in [7, 11) is 3.14. The summed E-state index contributed by atoms with van der Waals surface area (Å²) in [6.07, 6.45) is 0.437. The van der Waals surface area contributed by atoms with Crippen molar-refractivity contribution in [1.29, 1.82) is 0 Å². The van der Waals surface area contributed by atoms with Gasteiger partial charge in [-0.1, -0.05) is 17.7 Å². The first kappa shape index (κ1) is 15.6. The van der Waals surface area contributed by atoms with Gasteiger partial charge < -0.3 is 15.2 Å². The molecule has 0 aliphatic carbocycles. The van der Waals surface area contributed by atoms with Gasteiger partial charge >= 0.3 is 0 Å². The minimum absolute atomic E-state index is 0.316. The molecule has 0 saturated heterocycles. The van der Waals surface area contributed by atoms with E-state index in [-0.39, 0.29) is 11.9 Å². The van der Waals surface area contributed by atoms with E-state index in [0.717, 1.165) is 5.56 Å². The number of benzene rings is 2. The third kappa shape index (κ3) is 3.65. The number of nitrogens with two attached hydrogens (primary N) is 1. The Labute approximate surface area is 128 Å². The van der Waals surface area contributed by atoms with E-state index >= 15 is 0 Å². The zero-order valence-corrected chi connectivity index (χ0v) is 12.7. The Balaban J connectivity index is 2.24. The fourth-order valence-electron chi connectivity index (χ4n) is 2.14. The molecular weight excluding hydrogens is 293 g/mol. The number of hydrogen-bond acceptors (Lipinski definition) is 3. The third-order valence-electron chi connectivity index (χ3n) is 3.28. The van der Waals surface area contributed by atoms with Crippen LogP contribution in [0.3, 0.4) is 0 Å². The second-order valence-corrected chi connectivity index (χ2v) is 5.07. The topological polar surface area (TPSA) is 44.5 Å². The normalized spacial score (nSPS) is 12.0. The maximum absolute atomic E-state index is 13.3. The van der Waals surface area contributed by atoms with E-state index in [4.69, 9.17) is 26.8 Å². The number of ether oxygens (including phenoxy) is 2. The van der Waals surface area contributed by atoms with Crippen molar-refractivity contribution < 1.29 is 13.9 Å². The van der Waals surface area contributed by atoms with Crippen LogP contribution in [0.5, 0.6) is 11.5 Å². The van der Waals surface area contributed by atoms with Crippen molar-refractivity contribution in [3.8, 4) is 11.5 Å². The van der Waals surface area contributed by atoms with Crippen LogP contribution >= 0.6 is 11.6 Å². The zero-order chi connectivity index (χ0) is 15.4. The molecule has 1 atom stereocenters. The number of hydrogen-bond donors (Lipinski definition) is 1. The number of rotatable bonds is 5. The average molecular weight is 310 g/mol. The van der Waals surface area contributed by atoms with Gasteiger partial charge in [-0.3, -0.25) is 0 Å². The molecule has 2 rings (SSSR count). The quantitative estimate of drug-likeness (QED) is 0.915. The summed E-state index contributed by atoms with van der Waals surface area (Å²) in [6.45, 7) is 0. The maximum atomic E-state index is 13.3. The molecule has 0 bridgehead atoms. The first-order valence-electron chi connectivity index (χ1n) is 6.46. The Kier molecular flexibility index (Phi) is 5.04. The summed E-state index contributed by atoms with van der Waals surface area (Å²) in [5, 5.41) is 0.507. The van der Waals surface area contributed by atoms with Gasteiger partial charge in [-0.15, -0.1) is 0 Å². The van der Waals surface area contributed by atoms with Gasteiger partial charge in [0.15, 0.2) is 11.5 Å². The van der Waals surface area contributed by atoms with Gasteiger partial charge in [0.2, 0.25) is 0 Å². The molecule has 0 aromatic heterocycles. The molecule has 2 aromatic rings. The van der Waals surface area contributed by atoms with Crippen LogP contribution in [0, 0.1) is 5.82 Å². The van der Waals surface area contributed by atoms with Crippen LogP contribution in [0.25, 0.3) is 0 Å². The van der Waals surface area contributed by atoms with Crippen LogP contribution < -0.4 is 15.2 Å². The summed E-state index contributed by atoms with van der Waals surface area (Å²) in [6, 6.07) is 9.42. The van der Waals surface area contributed by atoms with E-state index in [1.54, 1.807) is 20.3 Å². The van der Waals surface area contributed by atoms with Crippen molar-refractivity contribution >= 4 is 11.6 Å². The zero-order valence-electron chi connectivity index (χ0n) is 11.9. The molecule has 0 heterocycles. The molecule has 1 unspecified atom stereocenters. The Morgan fingerprint density at radius 2 is 1.81 bits per heavy atom. The van der Waals surface area contributed by atoms with Gasteiger partial charge in [0.05, 0.1) is 14.2 Å². The molecule has 2 aromatic carbocycles. The maximum Gasteiger partial charge on any atom is 0.161 e. The molecule has 0 spiro atoms. The first-order chi connectivity index (χ1) is 10.0. The van der Waals surface area contributed by atoms with Gasteiger partial charge in [0.1, 0.15) is 5.82 Å². The lowest BCUT2D eigenvalue weighted by atomic mass is 9.99. The van der Waals surface area contributed by atoms with E-state index in [1.807, 2.05) is 12.1 Å². The lowest BCUT2D eigenvalue weighted by molar-refractivity contribution is 0.354. The highest BCUT2D eigenvalue weighted by atomic mass is 35.5. The van der Waals surface area contributed by atoms with Gasteiger partial charge in [0, 0.05) is 11.1 Å². The van der Waals surface area contributed by atoms with Crippen LogP contribution in [0.15, 0.2) is 36.4 Å². The van der Waals surface area contributed by atoms with Crippen molar-refractivity contribution in [3.05, 3.63) is 58.4 Å². The predicted octanol–water partition coefficient (Wildman–Crippen LogP) is 3.74. The van der Waals surface area contributed by atoms with E-state index < -0.39 is 0 Å². The Hall–Kier alpha value is -1.78. The SMILES string of the molecule is COc1ccc(C(N)Cc2cc(F)ccc2Cl)cc1OC. The molecule has 5 heteroatoms. The smallest absolute Gasteiger partial charge is 0.161 e. The third-order valence-corrected chi connectivity index (χ3v) is 3.65. The summed E-state index contributed by atoms with van der Waals surface area (Å²) >= 11 is 6.07. The van der Waals surface area contributed by atoms with Crippen molar-refractivity contribution in [2.45, 2.75) is 12.5 Å². The largest absolute Gasteiger partial charge is 0.493 e. The van der Waals surface area contributed by atoms with Crippen LogP contribution in [0.4, 0.5) is 4.39 Å². The van der Waals surface area contributed by atoms with Crippen LogP contribution in [0.1, 0.15) is 17.2 Å². The lowest BCUT2D eigenvalue weighted by Gasteiger charge is -2.16. The molecule has 0 saturated carbocycles. The average Bonchev–Trinajstić information content (AvgIpc) is 2.50. The van der Waals surface area contributed by atoms with Crippen molar-refractivity contribution in [3.63, 3.8) is 0 Å². The second kappa shape index (κ2) is 6.78. The van der Waals surface area contributed by atoms with Crippen LogP contribution in [-0.4, -0.2) is 14.2 Å². The minimum Gasteiger partial charge on any atom is -0.493 e. The standard InChI is InChI=1S/C16H17ClFNO2/c1-20-15-6-3-10(9-16(15)21-2)14(19)8-11-7-12(18)4-5-13(11)17/h3-7,9,14H,8,19H2,1-2H3. The molecule has 0 fully saturated rings. The lowest BCUT2D eigenvalue weighted by Crippen LogP contribution is -2.14. The molecule has 3 nitrogen and oxygen atoms in total. The highest BCUT2D eigenvalue weighted by Crippen LogP contribution is 2.31. The summed E-state index contributed by atoms with van der Waals surface area (Å²) in [5.41, 5.74) is 7.73. The van der Waals surface area contributed by atoms with Crippen LogP contribution in [0.2, 0.25) is 5.02 Å². The molecule has 0 amide bonds. The molecule has 0 aliphatic rings. The Morgan fingerprint density at radius 1 is 1.10 bits per heavy atom. The molecule has 112 valence electrons. The van der Waals surface area contributed by atoms with Crippen molar-refractivity contribution in [2.75, 3.05) is 14.2 Å². The van der Waals surface area contributed by atoms with Gasteiger partial charge in [-0.25, -0.2) is 4.39 Å². The fourth-order valence-corrected chi connectivity index (χ4v) is 2.33. The highest BCUT2D eigenvalue weighted by Gasteiger charge is 2.13.